The zero-order valence-corrected chi connectivity index (χ0v) is 21.6. The Balaban J connectivity index is -0.000000451. The van der Waals surface area contributed by atoms with Crippen LogP contribution in [0.5, 0.6) is 0 Å². The second-order valence-electron chi connectivity index (χ2n) is 7.15. The minimum absolute atomic E-state index is 0. The van der Waals surface area contributed by atoms with Crippen LogP contribution in [-0.2, 0) is 35.2 Å². The Hall–Kier alpha value is 0.819. The first-order valence-electron chi connectivity index (χ1n) is 11.2. The number of unbranched alkanes of at least 4 members (excludes halogenated alkanes) is 14. The fourth-order valence-electron chi connectivity index (χ4n) is 2.78. The predicted molar refractivity (Wildman–Crippen MR) is 115 cm³/mol. The van der Waals surface area contributed by atoms with Crippen LogP contribution in [0.1, 0.15) is 117 Å². The SMILES string of the molecule is CCCCCCCCCCO[PH](=O)[O-].CCCCCCCCCCO[PH](=O)[O-].[Fe+2]. The third-order valence-corrected chi connectivity index (χ3v) is 5.32. The molecule has 0 spiro atoms. The van der Waals surface area contributed by atoms with E-state index in [9.17, 15) is 18.9 Å². The van der Waals surface area contributed by atoms with E-state index in [1.165, 1.54) is 77.0 Å². The van der Waals surface area contributed by atoms with Gasteiger partial charge in [-0.05, 0) is 12.8 Å². The predicted octanol–water partition coefficient (Wildman–Crippen LogP) is 5.78. The van der Waals surface area contributed by atoms with Crippen molar-refractivity contribution in [3.8, 4) is 0 Å². The van der Waals surface area contributed by atoms with Gasteiger partial charge in [-0.25, -0.2) is 0 Å². The average Bonchev–Trinajstić information content (AvgIpc) is 2.65. The summed E-state index contributed by atoms with van der Waals surface area (Å²) in [6, 6.07) is 0. The first kappa shape index (κ1) is 34.4. The van der Waals surface area contributed by atoms with Gasteiger partial charge in [-0.3, -0.25) is 0 Å². The van der Waals surface area contributed by atoms with E-state index < -0.39 is 16.5 Å². The quantitative estimate of drug-likeness (QED) is 0.120. The van der Waals surface area contributed by atoms with Crippen LogP contribution in [0.4, 0.5) is 0 Å². The van der Waals surface area contributed by atoms with Crippen molar-refractivity contribution in [2.24, 2.45) is 0 Å². The third kappa shape index (κ3) is 39.8. The van der Waals surface area contributed by atoms with Gasteiger partial charge in [0.05, 0.1) is 13.2 Å². The average molecular weight is 498 g/mol. The molecule has 0 radical (unpaired) electrons. The standard InChI is InChI=1S/2C10H23O3P.Fe/c2*1-2-3-4-5-6-7-8-9-10-13-14(11)12;/h2*14H,2-10H2,1H3,(H,11,12);/q;;+2/p-2. The summed E-state index contributed by atoms with van der Waals surface area (Å²) in [5, 5.41) is 0. The fraction of sp³-hybridized carbons (Fsp3) is 1.00. The van der Waals surface area contributed by atoms with Crippen molar-refractivity contribution in [1.82, 2.24) is 0 Å². The third-order valence-electron chi connectivity index (χ3n) is 4.44. The first-order chi connectivity index (χ1) is 13.5. The molecule has 0 aliphatic carbocycles. The Morgan fingerprint density at radius 1 is 0.517 bits per heavy atom. The molecule has 0 saturated carbocycles. The molecule has 6 nitrogen and oxygen atoms in total. The van der Waals surface area contributed by atoms with Crippen LogP contribution in [0.15, 0.2) is 0 Å². The van der Waals surface area contributed by atoms with Crippen LogP contribution >= 0.6 is 16.5 Å². The van der Waals surface area contributed by atoms with E-state index in [1.54, 1.807) is 0 Å². The summed E-state index contributed by atoms with van der Waals surface area (Å²) < 4.78 is 29.1. The maximum atomic E-state index is 10.1. The Kier molecular flexibility index (Phi) is 36.8. The molecule has 178 valence electrons. The molecule has 2 atom stereocenters. The number of rotatable bonds is 20. The fourth-order valence-corrected chi connectivity index (χ4v) is 3.40. The second-order valence-corrected chi connectivity index (χ2v) is 8.72. The van der Waals surface area contributed by atoms with Gasteiger partial charge in [0.15, 0.2) is 0 Å². The first-order valence-corrected chi connectivity index (χ1v) is 13.7. The summed E-state index contributed by atoms with van der Waals surface area (Å²) in [6.45, 7) is 5.16. The zero-order valence-electron chi connectivity index (χ0n) is 18.5. The zero-order chi connectivity index (χ0) is 21.3. The van der Waals surface area contributed by atoms with Gasteiger partial charge in [0.2, 0.25) is 0 Å². The van der Waals surface area contributed by atoms with Crippen molar-refractivity contribution < 1.29 is 45.0 Å². The molecule has 2 unspecified atom stereocenters. The molecule has 0 aliphatic rings. The Bertz CT molecular complexity index is 317. The summed E-state index contributed by atoms with van der Waals surface area (Å²) in [5.74, 6) is 0. The van der Waals surface area contributed by atoms with Gasteiger partial charge < -0.3 is 28.0 Å². The molecule has 0 amide bonds. The molecule has 0 aromatic carbocycles. The van der Waals surface area contributed by atoms with Gasteiger partial charge >= 0.3 is 17.1 Å². The number of hydrogen-bond donors (Lipinski definition) is 0. The van der Waals surface area contributed by atoms with Crippen molar-refractivity contribution in [1.29, 1.82) is 0 Å². The Morgan fingerprint density at radius 3 is 1.00 bits per heavy atom. The normalized spacial score (nSPS) is 12.6. The van der Waals surface area contributed by atoms with E-state index in [1.807, 2.05) is 0 Å². The monoisotopic (exact) mass is 498 g/mol. The van der Waals surface area contributed by atoms with Gasteiger partial charge in [0.25, 0.3) is 0 Å². The van der Waals surface area contributed by atoms with Gasteiger partial charge in [-0.1, -0.05) is 104 Å². The van der Waals surface area contributed by atoms with Crippen molar-refractivity contribution >= 4 is 16.5 Å². The van der Waals surface area contributed by atoms with Crippen LogP contribution in [0.3, 0.4) is 0 Å². The molecule has 0 rings (SSSR count). The molecule has 0 fully saturated rings. The van der Waals surface area contributed by atoms with Crippen molar-refractivity contribution in [2.45, 2.75) is 117 Å². The summed E-state index contributed by atoms with van der Waals surface area (Å²) in [7, 11) is -5.88. The van der Waals surface area contributed by atoms with Crippen molar-refractivity contribution in [3.63, 3.8) is 0 Å². The molecule has 0 bridgehead atoms. The molecule has 0 aliphatic heterocycles. The maximum absolute atomic E-state index is 10.1. The van der Waals surface area contributed by atoms with E-state index in [4.69, 9.17) is 0 Å². The van der Waals surface area contributed by atoms with Crippen LogP contribution in [0.25, 0.3) is 0 Å². The minimum atomic E-state index is -2.94. The van der Waals surface area contributed by atoms with Crippen LogP contribution in [-0.4, -0.2) is 13.2 Å². The van der Waals surface area contributed by atoms with Crippen LogP contribution in [0.2, 0.25) is 0 Å². The number of hydrogen-bond acceptors (Lipinski definition) is 6. The Morgan fingerprint density at radius 2 is 0.759 bits per heavy atom. The summed E-state index contributed by atoms with van der Waals surface area (Å²) >= 11 is 0. The largest absolute Gasteiger partial charge is 2.00 e. The molecule has 29 heavy (non-hydrogen) atoms. The summed E-state index contributed by atoms with van der Waals surface area (Å²) in [6.07, 6.45) is 19.4. The van der Waals surface area contributed by atoms with E-state index in [2.05, 4.69) is 22.9 Å². The van der Waals surface area contributed by atoms with Crippen molar-refractivity contribution in [3.05, 3.63) is 0 Å². The van der Waals surface area contributed by atoms with Crippen molar-refractivity contribution in [2.75, 3.05) is 13.2 Å². The summed E-state index contributed by atoms with van der Waals surface area (Å²) in [4.78, 5) is 20.1. The van der Waals surface area contributed by atoms with Crippen LogP contribution in [0, 0.1) is 0 Å². The maximum Gasteiger partial charge on any atom is 2.00 e. The van der Waals surface area contributed by atoms with E-state index in [0.29, 0.717) is 13.2 Å². The summed E-state index contributed by atoms with van der Waals surface area (Å²) in [5.41, 5.74) is 0. The van der Waals surface area contributed by atoms with Gasteiger partial charge in [0.1, 0.15) is 16.5 Å². The molecular formula is C20H44FeO6P2. The van der Waals surface area contributed by atoms with Gasteiger partial charge in [-0.2, -0.15) is 0 Å². The van der Waals surface area contributed by atoms with Crippen LogP contribution < -0.4 is 9.79 Å². The molecule has 0 aromatic heterocycles. The second kappa shape index (κ2) is 31.0. The van der Waals surface area contributed by atoms with Gasteiger partial charge in [0, 0.05) is 0 Å². The van der Waals surface area contributed by atoms with E-state index in [0.717, 1.165) is 25.7 Å². The van der Waals surface area contributed by atoms with E-state index >= 15 is 0 Å². The molecule has 0 N–H and O–H groups in total. The molecule has 0 saturated heterocycles. The topological polar surface area (TPSA) is 98.7 Å². The molecule has 0 aromatic rings. The molecule has 0 heterocycles. The van der Waals surface area contributed by atoms with E-state index in [-0.39, 0.29) is 17.1 Å². The molecular weight excluding hydrogens is 454 g/mol. The van der Waals surface area contributed by atoms with Gasteiger partial charge in [-0.15, -0.1) is 0 Å². The smallest absolute Gasteiger partial charge is 0.781 e. The molecule has 9 heteroatoms. The minimum Gasteiger partial charge on any atom is -0.781 e. The Labute approximate surface area is 191 Å².